The lowest BCUT2D eigenvalue weighted by atomic mass is 10.2. The Bertz CT molecular complexity index is 303. The smallest absolute Gasteiger partial charge is 0.144 e. The molecule has 0 atom stereocenters. The largest absolute Gasteiger partial charge is 0.299 e. The molecule has 1 aromatic rings. The lowest BCUT2D eigenvalue weighted by Crippen LogP contribution is -1.76. The van der Waals surface area contributed by atoms with Gasteiger partial charge in [-0.1, -0.05) is 39.7 Å². The highest BCUT2D eigenvalue weighted by Crippen LogP contribution is 2.20. The molecule has 0 saturated heterocycles. The number of hydrogen-bond donors (Lipinski definition) is 0. The monoisotopic (exact) mass is 244 g/mol. The van der Waals surface area contributed by atoms with E-state index in [-0.39, 0.29) is 0 Å². The van der Waals surface area contributed by atoms with E-state index in [0.717, 1.165) is 10.0 Å². The summed E-state index contributed by atoms with van der Waals surface area (Å²) in [7, 11) is 0. The minimum atomic E-state index is 0.456. The van der Waals surface area contributed by atoms with Gasteiger partial charge < -0.3 is 0 Å². The second kappa shape index (κ2) is 4.43. The van der Waals surface area contributed by atoms with Crippen LogP contribution in [-0.4, -0.2) is 6.29 Å². The van der Waals surface area contributed by atoms with Crippen LogP contribution in [0.3, 0.4) is 0 Å². The van der Waals surface area contributed by atoms with Crippen molar-refractivity contribution in [1.82, 2.24) is 0 Å². The third-order valence-corrected chi connectivity index (χ3v) is 2.21. The van der Waals surface area contributed by atoms with Crippen LogP contribution in [0, 0.1) is 0 Å². The summed E-state index contributed by atoms with van der Waals surface area (Å²) in [6, 6.07) is 7.42. The average molecular weight is 246 g/mol. The van der Waals surface area contributed by atoms with Gasteiger partial charge in [0, 0.05) is 4.47 Å². The minimum absolute atomic E-state index is 0.456. The zero-order chi connectivity index (χ0) is 8.97. The van der Waals surface area contributed by atoms with Crippen LogP contribution in [0.25, 0.3) is 5.03 Å². The Morgan fingerprint density at radius 1 is 1.33 bits per heavy atom. The van der Waals surface area contributed by atoms with Crippen LogP contribution < -0.4 is 0 Å². The number of rotatable bonds is 2. The van der Waals surface area contributed by atoms with Crippen molar-refractivity contribution in [3.63, 3.8) is 0 Å². The molecule has 0 amide bonds. The fraction of sp³-hybridized carbons (Fsp3) is 0. The summed E-state index contributed by atoms with van der Waals surface area (Å²) in [5.74, 6) is 0. The van der Waals surface area contributed by atoms with Gasteiger partial charge >= 0.3 is 0 Å². The lowest BCUT2D eigenvalue weighted by molar-refractivity contribution is -0.104. The van der Waals surface area contributed by atoms with Gasteiger partial charge in [-0.15, -0.1) is 0 Å². The van der Waals surface area contributed by atoms with Crippen LogP contribution in [0.1, 0.15) is 5.56 Å². The first kappa shape index (κ1) is 9.49. The van der Waals surface area contributed by atoms with Crippen molar-refractivity contribution >= 4 is 38.8 Å². The highest BCUT2D eigenvalue weighted by molar-refractivity contribution is 9.10. The van der Waals surface area contributed by atoms with Crippen LogP contribution in [0.5, 0.6) is 0 Å². The van der Waals surface area contributed by atoms with Gasteiger partial charge in [-0.05, 0) is 23.8 Å². The highest BCUT2D eigenvalue weighted by Gasteiger charge is 1.95. The van der Waals surface area contributed by atoms with E-state index >= 15 is 0 Å². The summed E-state index contributed by atoms with van der Waals surface area (Å²) in [5, 5.41) is 0.456. The standard InChI is InChI=1S/C9H6BrClO/c10-8-3-1-7(2-4-8)9(11)5-6-12/h1-6H/b9-5+. The quantitative estimate of drug-likeness (QED) is 0.577. The van der Waals surface area contributed by atoms with Gasteiger partial charge in [0.05, 0.1) is 5.03 Å². The van der Waals surface area contributed by atoms with E-state index in [1.807, 2.05) is 24.3 Å². The zero-order valence-corrected chi connectivity index (χ0v) is 8.47. The van der Waals surface area contributed by atoms with Gasteiger partial charge in [-0.2, -0.15) is 0 Å². The van der Waals surface area contributed by atoms with E-state index in [0.29, 0.717) is 11.3 Å². The lowest BCUT2D eigenvalue weighted by Gasteiger charge is -1.96. The Morgan fingerprint density at radius 3 is 2.42 bits per heavy atom. The SMILES string of the molecule is O=C/C=C(/Cl)c1ccc(Br)cc1. The predicted molar refractivity (Wildman–Crippen MR) is 54.0 cm³/mol. The van der Waals surface area contributed by atoms with Crippen molar-refractivity contribution < 1.29 is 4.79 Å². The summed E-state index contributed by atoms with van der Waals surface area (Å²) in [6.07, 6.45) is 2.00. The first-order chi connectivity index (χ1) is 5.74. The summed E-state index contributed by atoms with van der Waals surface area (Å²) in [5.41, 5.74) is 0.840. The molecule has 1 rings (SSSR count). The second-order valence-electron chi connectivity index (χ2n) is 2.16. The second-order valence-corrected chi connectivity index (χ2v) is 3.48. The van der Waals surface area contributed by atoms with Crippen LogP contribution >= 0.6 is 27.5 Å². The van der Waals surface area contributed by atoms with Crippen LogP contribution in [-0.2, 0) is 4.79 Å². The predicted octanol–water partition coefficient (Wildman–Crippen LogP) is 3.23. The topological polar surface area (TPSA) is 17.1 Å². The minimum Gasteiger partial charge on any atom is -0.299 e. The zero-order valence-electron chi connectivity index (χ0n) is 6.13. The van der Waals surface area contributed by atoms with Gasteiger partial charge in [0.15, 0.2) is 0 Å². The van der Waals surface area contributed by atoms with E-state index in [1.165, 1.54) is 6.08 Å². The van der Waals surface area contributed by atoms with Crippen molar-refractivity contribution in [1.29, 1.82) is 0 Å². The van der Waals surface area contributed by atoms with Crippen molar-refractivity contribution in [3.8, 4) is 0 Å². The third kappa shape index (κ3) is 2.47. The molecule has 0 unspecified atom stereocenters. The fourth-order valence-corrected chi connectivity index (χ4v) is 1.21. The maximum atomic E-state index is 10.1. The molecule has 0 aliphatic heterocycles. The molecule has 0 radical (unpaired) electrons. The molecule has 12 heavy (non-hydrogen) atoms. The molecule has 0 aromatic heterocycles. The van der Waals surface area contributed by atoms with Crippen molar-refractivity contribution in [2.45, 2.75) is 0 Å². The number of hydrogen-bond acceptors (Lipinski definition) is 1. The van der Waals surface area contributed by atoms with Gasteiger partial charge in [0.25, 0.3) is 0 Å². The summed E-state index contributed by atoms with van der Waals surface area (Å²) in [4.78, 5) is 10.1. The Hall–Kier alpha value is -0.600. The number of benzene rings is 1. The molecule has 1 aromatic carbocycles. The maximum Gasteiger partial charge on any atom is 0.144 e. The van der Waals surface area contributed by atoms with Gasteiger partial charge in [-0.3, -0.25) is 4.79 Å². The van der Waals surface area contributed by atoms with E-state index in [1.54, 1.807) is 0 Å². The van der Waals surface area contributed by atoms with E-state index in [2.05, 4.69) is 15.9 Å². The Kier molecular flexibility index (Phi) is 3.50. The van der Waals surface area contributed by atoms with Crippen molar-refractivity contribution in [3.05, 3.63) is 40.4 Å². The molecule has 0 heterocycles. The van der Waals surface area contributed by atoms with Crippen LogP contribution in [0.15, 0.2) is 34.8 Å². The molecule has 1 nitrogen and oxygen atoms in total. The first-order valence-corrected chi connectivity index (χ1v) is 4.48. The molecule has 0 N–H and O–H groups in total. The Labute approximate surface area is 84.2 Å². The number of halogens is 2. The molecule has 0 spiro atoms. The number of carbonyl (C=O) groups is 1. The summed E-state index contributed by atoms with van der Waals surface area (Å²) >= 11 is 9.07. The number of allylic oxidation sites excluding steroid dienone is 1. The van der Waals surface area contributed by atoms with Crippen molar-refractivity contribution in [2.24, 2.45) is 0 Å². The Morgan fingerprint density at radius 2 is 1.92 bits per heavy atom. The average Bonchev–Trinajstić information content (AvgIpc) is 2.06. The van der Waals surface area contributed by atoms with Gasteiger partial charge in [-0.25, -0.2) is 0 Å². The molecule has 0 aliphatic carbocycles. The fourth-order valence-electron chi connectivity index (χ4n) is 0.765. The molecule has 0 fully saturated rings. The summed E-state index contributed by atoms with van der Waals surface area (Å²) in [6.45, 7) is 0. The van der Waals surface area contributed by atoms with E-state index < -0.39 is 0 Å². The highest BCUT2D eigenvalue weighted by atomic mass is 79.9. The normalized spacial score (nSPS) is 11.3. The molecular formula is C9H6BrClO. The molecule has 0 bridgehead atoms. The van der Waals surface area contributed by atoms with Crippen LogP contribution in [0.2, 0.25) is 0 Å². The molecule has 62 valence electrons. The molecule has 3 heteroatoms. The molecule has 0 saturated carbocycles. The number of aldehydes is 1. The third-order valence-electron chi connectivity index (χ3n) is 1.33. The first-order valence-electron chi connectivity index (χ1n) is 3.31. The van der Waals surface area contributed by atoms with Gasteiger partial charge in [0.2, 0.25) is 0 Å². The number of carbonyl (C=O) groups excluding carboxylic acids is 1. The van der Waals surface area contributed by atoms with E-state index in [4.69, 9.17) is 11.6 Å². The molecule has 0 aliphatic rings. The molecular weight excluding hydrogens is 239 g/mol. The Balaban J connectivity index is 2.97. The summed E-state index contributed by atoms with van der Waals surface area (Å²) < 4.78 is 0.988. The van der Waals surface area contributed by atoms with Gasteiger partial charge in [0.1, 0.15) is 6.29 Å². The van der Waals surface area contributed by atoms with E-state index in [9.17, 15) is 4.79 Å². The van der Waals surface area contributed by atoms with Crippen molar-refractivity contribution in [2.75, 3.05) is 0 Å². The van der Waals surface area contributed by atoms with Crippen LogP contribution in [0.4, 0.5) is 0 Å². The maximum absolute atomic E-state index is 10.1.